The lowest BCUT2D eigenvalue weighted by Gasteiger charge is -2.10. The molecule has 96 valence electrons. The third-order valence-corrected chi connectivity index (χ3v) is 3.47. The molecule has 0 spiro atoms. The van der Waals surface area contributed by atoms with Gasteiger partial charge in [0.2, 0.25) is 0 Å². The topological polar surface area (TPSA) is 52.3 Å². The molecule has 2 aromatic rings. The molecule has 0 aliphatic carbocycles. The first-order chi connectivity index (χ1) is 8.22. The van der Waals surface area contributed by atoms with E-state index in [9.17, 15) is 4.79 Å². The van der Waals surface area contributed by atoms with Crippen LogP contribution >= 0.6 is 23.7 Å². The Bertz CT molecular complexity index is 513. The third kappa shape index (κ3) is 3.10. The zero-order chi connectivity index (χ0) is 12.3. The molecule has 3 nitrogen and oxygen atoms in total. The summed E-state index contributed by atoms with van der Waals surface area (Å²) in [5.41, 5.74) is 7.57. The molecule has 0 aliphatic heterocycles. The minimum absolute atomic E-state index is 0. The zero-order valence-electron chi connectivity index (χ0n) is 9.83. The van der Waals surface area contributed by atoms with E-state index in [0.29, 0.717) is 5.56 Å². The second-order valence-electron chi connectivity index (χ2n) is 3.61. The van der Waals surface area contributed by atoms with Gasteiger partial charge < -0.3 is 10.5 Å². The van der Waals surface area contributed by atoms with Crippen molar-refractivity contribution in [1.82, 2.24) is 0 Å². The summed E-state index contributed by atoms with van der Waals surface area (Å²) in [5, 5.41) is 1.99. The Morgan fingerprint density at radius 3 is 2.72 bits per heavy atom. The van der Waals surface area contributed by atoms with Crippen LogP contribution in [0.2, 0.25) is 0 Å². The Labute approximate surface area is 116 Å². The molecule has 0 saturated carbocycles. The van der Waals surface area contributed by atoms with E-state index in [-0.39, 0.29) is 24.4 Å². The molecular formula is C13H14ClNO2S. The van der Waals surface area contributed by atoms with Crippen LogP contribution < -0.4 is 5.73 Å². The van der Waals surface area contributed by atoms with Crippen LogP contribution in [-0.2, 0) is 4.74 Å². The van der Waals surface area contributed by atoms with Crippen molar-refractivity contribution in [2.75, 3.05) is 7.11 Å². The van der Waals surface area contributed by atoms with Crippen LogP contribution in [0.1, 0.15) is 26.8 Å². The lowest BCUT2D eigenvalue weighted by Crippen LogP contribution is -2.11. The lowest BCUT2D eigenvalue weighted by molar-refractivity contribution is 0.0600. The van der Waals surface area contributed by atoms with E-state index in [1.807, 2.05) is 29.6 Å². The van der Waals surface area contributed by atoms with Gasteiger partial charge in [-0.1, -0.05) is 18.2 Å². The minimum atomic E-state index is -0.342. The van der Waals surface area contributed by atoms with E-state index >= 15 is 0 Å². The van der Waals surface area contributed by atoms with Gasteiger partial charge in [0.25, 0.3) is 0 Å². The monoisotopic (exact) mass is 283 g/mol. The van der Waals surface area contributed by atoms with Gasteiger partial charge in [0, 0.05) is 4.88 Å². The van der Waals surface area contributed by atoms with Gasteiger partial charge in [-0.15, -0.1) is 23.7 Å². The Morgan fingerprint density at radius 2 is 2.11 bits per heavy atom. The molecule has 0 radical (unpaired) electrons. The quantitative estimate of drug-likeness (QED) is 0.881. The molecule has 2 rings (SSSR count). The number of rotatable bonds is 3. The molecule has 0 unspecified atom stereocenters. The van der Waals surface area contributed by atoms with Gasteiger partial charge in [-0.05, 0) is 29.1 Å². The van der Waals surface area contributed by atoms with Gasteiger partial charge in [-0.2, -0.15) is 0 Å². The highest BCUT2D eigenvalue weighted by atomic mass is 35.5. The summed E-state index contributed by atoms with van der Waals surface area (Å²) in [6.07, 6.45) is 0. The molecule has 1 atom stereocenters. The highest BCUT2D eigenvalue weighted by molar-refractivity contribution is 7.10. The number of hydrogen-bond acceptors (Lipinski definition) is 4. The molecule has 0 amide bonds. The number of methoxy groups -OCH3 is 1. The molecule has 1 aromatic heterocycles. The maximum absolute atomic E-state index is 11.4. The number of carbonyl (C=O) groups is 1. The highest BCUT2D eigenvalue weighted by Crippen LogP contribution is 2.24. The predicted molar refractivity (Wildman–Crippen MR) is 75.4 cm³/mol. The second-order valence-corrected chi connectivity index (χ2v) is 4.59. The summed E-state index contributed by atoms with van der Waals surface area (Å²) in [6, 6.07) is 11.0. The molecule has 2 N–H and O–H groups in total. The first-order valence-electron chi connectivity index (χ1n) is 5.19. The van der Waals surface area contributed by atoms with Crippen molar-refractivity contribution in [3.63, 3.8) is 0 Å². The van der Waals surface area contributed by atoms with Crippen molar-refractivity contribution in [2.24, 2.45) is 5.73 Å². The average Bonchev–Trinajstić information content (AvgIpc) is 2.91. The Kier molecular flexibility index (Phi) is 5.34. The van der Waals surface area contributed by atoms with Crippen LogP contribution in [0.15, 0.2) is 41.8 Å². The normalized spacial score (nSPS) is 11.4. The smallest absolute Gasteiger partial charge is 0.337 e. The number of carbonyl (C=O) groups excluding carboxylic acids is 1. The molecule has 1 heterocycles. The summed E-state index contributed by atoms with van der Waals surface area (Å²) < 4.78 is 4.68. The van der Waals surface area contributed by atoms with Crippen molar-refractivity contribution in [3.8, 4) is 0 Å². The average molecular weight is 284 g/mol. The number of thiophene rings is 1. The Morgan fingerprint density at radius 1 is 1.33 bits per heavy atom. The van der Waals surface area contributed by atoms with Crippen LogP contribution in [0.3, 0.4) is 0 Å². The van der Waals surface area contributed by atoms with Crippen LogP contribution in [0.5, 0.6) is 0 Å². The molecule has 18 heavy (non-hydrogen) atoms. The van der Waals surface area contributed by atoms with Gasteiger partial charge >= 0.3 is 5.97 Å². The number of esters is 1. The standard InChI is InChI=1S/C13H13NO2S.ClH/c1-16-13(15)10-5-2-4-9(8-10)12(14)11-6-3-7-17-11;/h2-8,12H,14H2,1H3;1H/t12-;/m1./s1. The van der Waals surface area contributed by atoms with Gasteiger partial charge in [0.05, 0.1) is 18.7 Å². The van der Waals surface area contributed by atoms with Crippen molar-refractivity contribution < 1.29 is 9.53 Å². The van der Waals surface area contributed by atoms with E-state index < -0.39 is 0 Å². The highest BCUT2D eigenvalue weighted by Gasteiger charge is 2.12. The van der Waals surface area contributed by atoms with Crippen molar-refractivity contribution in [3.05, 3.63) is 57.8 Å². The molecule has 0 bridgehead atoms. The SMILES string of the molecule is COC(=O)c1cccc([C@@H](N)c2cccs2)c1.Cl. The van der Waals surface area contributed by atoms with E-state index in [1.165, 1.54) is 7.11 Å². The fourth-order valence-electron chi connectivity index (χ4n) is 1.61. The molecular weight excluding hydrogens is 270 g/mol. The first kappa shape index (κ1) is 14.7. The molecule has 1 aromatic carbocycles. The zero-order valence-corrected chi connectivity index (χ0v) is 11.5. The van der Waals surface area contributed by atoms with Gasteiger partial charge in [0.15, 0.2) is 0 Å². The van der Waals surface area contributed by atoms with Crippen molar-refractivity contribution in [1.29, 1.82) is 0 Å². The third-order valence-electron chi connectivity index (χ3n) is 2.52. The fraction of sp³-hybridized carbons (Fsp3) is 0.154. The van der Waals surface area contributed by atoms with Crippen LogP contribution in [0, 0.1) is 0 Å². The molecule has 0 aliphatic rings. The van der Waals surface area contributed by atoms with E-state index in [4.69, 9.17) is 5.73 Å². The maximum Gasteiger partial charge on any atom is 0.337 e. The van der Waals surface area contributed by atoms with Gasteiger partial charge in [-0.3, -0.25) is 0 Å². The first-order valence-corrected chi connectivity index (χ1v) is 6.07. The number of nitrogens with two attached hydrogens (primary N) is 1. The lowest BCUT2D eigenvalue weighted by atomic mass is 10.0. The van der Waals surface area contributed by atoms with E-state index in [1.54, 1.807) is 23.5 Å². The summed E-state index contributed by atoms with van der Waals surface area (Å²) in [5.74, 6) is -0.342. The van der Waals surface area contributed by atoms with Crippen molar-refractivity contribution in [2.45, 2.75) is 6.04 Å². The summed E-state index contributed by atoms with van der Waals surface area (Å²) >= 11 is 1.60. The molecule has 5 heteroatoms. The van der Waals surface area contributed by atoms with Crippen LogP contribution in [-0.4, -0.2) is 13.1 Å². The largest absolute Gasteiger partial charge is 0.465 e. The van der Waals surface area contributed by atoms with Gasteiger partial charge in [-0.25, -0.2) is 4.79 Å². The fourth-order valence-corrected chi connectivity index (χ4v) is 2.36. The second kappa shape index (κ2) is 6.54. The summed E-state index contributed by atoms with van der Waals surface area (Å²) in [4.78, 5) is 12.5. The predicted octanol–water partition coefficient (Wildman–Crippen LogP) is 3.00. The Hall–Kier alpha value is -1.36. The number of hydrogen-bond donors (Lipinski definition) is 1. The van der Waals surface area contributed by atoms with Crippen LogP contribution in [0.4, 0.5) is 0 Å². The van der Waals surface area contributed by atoms with E-state index in [0.717, 1.165) is 10.4 Å². The maximum atomic E-state index is 11.4. The number of ether oxygens (including phenoxy) is 1. The van der Waals surface area contributed by atoms with Crippen molar-refractivity contribution >= 4 is 29.7 Å². The minimum Gasteiger partial charge on any atom is -0.465 e. The molecule has 0 saturated heterocycles. The summed E-state index contributed by atoms with van der Waals surface area (Å²) in [7, 11) is 1.37. The van der Waals surface area contributed by atoms with Crippen LogP contribution in [0.25, 0.3) is 0 Å². The number of benzene rings is 1. The molecule has 0 fully saturated rings. The summed E-state index contributed by atoms with van der Waals surface area (Å²) in [6.45, 7) is 0. The van der Waals surface area contributed by atoms with E-state index in [2.05, 4.69) is 4.74 Å². The van der Waals surface area contributed by atoms with Gasteiger partial charge in [0.1, 0.15) is 0 Å². The Balaban J connectivity index is 0.00000162. The number of halogens is 1.